The summed E-state index contributed by atoms with van der Waals surface area (Å²) in [6, 6.07) is 7.59. The average Bonchev–Trinajstić information content (AvgIpc) is 2.83. The number of hydrogen-bond acceptors (Lipinski definition) is 6. The second-order valence-corrected chi connectivity index (χ2v) is 9.37. The number of carbonyl (C=O) groups is 1. The number of carbonyl (C=O) groups excluding carboxylic acids is 1. The van der Waals surface area contributed by atoms with E-state index in [1.807, 2.05) is 18.4 Å². The monoisotopic (exact) mass is 495 g/mol. The number of amides is 1. The van der Waals surface area contributed by atoms with Gasteiger partial charge < -0.3 is 14.8 Å². The number of thioether (sulfide) groups is 1. The molecule has 0 spiro atoms. The van der Waals surface area contributed by atoms with Crippen molar-refractivity contribution in [1.29, 1.82) is 0 Å². The predicted molar refractivity (Wildman–Crippen MR) is 123 cm³/mol. The van der Waals surface area contributed by atoms with Crippen molar-refractivity contribution >= 4 is 17.7 Å². The first-order valence-electron chi connectivity index (χ1n) is 11.3. The molecule has 3 heterocycles. The van der Waals surface area contributed by atoms with E-state index >= 15 is 0 Å². The Balaban J connectivity index is 1.22. The Hall–Kier alpha value is -2.46. The summed E-state index contributed by atoms with van der Waals surface area (Å²) in [6.07, 6.45) is 0.825. The minimum absolute atomic E-state index is 0.0161. The molecule has 2 aromatic rings. The van der Waals surface area contributed by atoms with Crippen LogP contribution < -0.4 is 14.8 Å². The summed E-state index contributed by atoms with van der Waals surface area (Å²) in [4.78, 5) is 18.9. The zero-order valence-electron chi connectivity index (χ0n) is 18.9. The zero-order valence-corrected chi connectivity index (χ0v) is 19.8. The number of alkyl halides is 3. The number of ether oxygens (including phenoxy) is 2. The molecule has 1 amide bonds. The van der Waals surface area contributed by atoms with Crippen molar-refractivity contribution in [3.05, 3.63) is 47.7 Å². The number of benzene rings is 1. The van der Waals surface area contributed by atoms with Crippen LogP contribution >= 0.6 is 11.8 Å². The van der Waals surface area contributed by atoms with E-state index in [0.29, 0.717) is 25.4 Å². The van der Waals surface area contributed by atoms with Crippen molar-refractivity contribution in [3.63, 3.8) is 0 Å². The molecule has 1 aromatic carbocycles. The van der Waals surface area contributed by atoms with Crippen molar-refractivity contribution < 1.29 is 27.4 Å². The van der Waals surface area contributed by atoms with E-state index in [4.69, 9.17) is 9.47 Å². The molecule has 1 saturated heterocycles. The van der Waals surface area contributed by atoms with Crippen LogP contribution in [0.25, 0.3) is 0 Å². The average molecular weight is 496 g/mol. The van der Waals surface area contributed by atoms with E-state index in [1.165, 1.54) is 23.9 Å². The van der Waals surface area contributed by atoms with Crippen LogP contribution in [0.5, 0.6) is 11.5 Å². The second-order valence-electron chi connectivity index (χ2n) is 8.58. The zero-order chi connectivity index (χ0) is 24.1. The van der Waals surface area contributed by atoms with Gasteiger partial charge in [-0.2, -0.15) is 13.2 Å². The van der Waals surface area contributed by atoms with Crippen LogP contribution in [-0.2, 0) is 17.4 Å². The predicted octanol–water partition coefficient (Wildman–Crippen LogP) is 4.03. The third-order valence-electron chi connectivity index (χ3n) is 6.14. The molecule has 10 heteroatoms. The van der Waals surface area contributed by atoms with E-state index in [1.54, 1.807) is 6.20 Å². The van der Waals surface area contributed by atoms with Crippen LogP contribution in [0, 0.1) is 5.92 Å². The van der Waals surface area contributed by atoms with Crippen LogP contribution in [0.3, 0.4) is 0 Å². The number of likely N-dealkylation sites (tertiary alicyclic amines) is 1. The number of hydrogen-bond donors (Lipinski definition) is 1. The maximum Gasteiger partial charge on any atom is 0.420 e. The van der Waals surface area contributed by atoms with Crippen LogP contribution in [-0.4, -0.2) is 60.9 Å². The molecule has 4 rings (SSSR count). The third-order valence-corrected chi connectivity index (χ3v) is 6.90. The third kappa shape index (κ3) is 6.15. The summed E-state index contributed by atoms with van der Waals surface area (Å²) in [5.41, 5.74) is 0.118. The number of nitrogens with zero attached hydrogens (tertiary/aromatic N) is 2. The first-order chi connectivity index (χ1) is 16.3. The Morgan fingerprint density at radius 1 is 1.24 bits per heavy atom. The van der Waals surface area contributed by atoms with Crippen molar-refractivity contribution in [2.45, 2.75) is 36.6 Å². The van der Waals surface area contributed by atoms with Gasteiger partial charge in [0.2, 0.25) is 5.91 Å². The second kappa shape index (κ2) is 10.9. The molecule has 1 aromatic heterocycles. The van der Waals surface area contributed by atoms with Gasteiger partial charge in [0.05, 0.1) is 11.4 Å². The van der Waals surface area contributed by atoms with Crippen LogP contribution in [0.2, 0.25) is 0 Å². The molecule has 0 saturated carbocycles. The normalized spacial score (nSPS) is 19.1. The van der Waals surface area contributed by atoms with Gasteiger partial charge in [-0.3, -0.25) is 9.69 Å². The van der Waals surface area contributed by atoms with E-state index in [-0.39, 0.29) is 24.0 Å². The molecule has 1 N–H and O–H groups in total. The van der Waals surface area contributed by atoms with E-state index in [0.717, 1.165) is 42.6 Å². The quantitative estimate of drug-likeness (QED) is 0.586. The molecular formula is C24H28F3N3O3S. The van der Waals surface area contributed by atoms with Gasteiger partial charge in [0.1, 0.15) is 18.3 Å². The molecule has 2 aliphatic rings. The molecule has 34 heavy (non-hydrogen) atoms. The van der Waals surface area contributed by atoms with Gasteiger partial charge in [-0.15, -0.1) is 11.8 Å². The minimum Gasteiger partial charge on any atom is -0.486 e. The van der Waals surface area contributed by atoms with E-state index in [2.05, 4.69) is 15.2 Å². The lowest BCUT2D eigenvalue weighted by Crippen LogP contribution is -2.45. The lowest BCUT2D eigenvalue weighted by atomic mass is 9.96. The Morgan fingerprint density at radius 2 is 2.03 bits per heavy atom. The Bertz CT molecular complexity index is 997. The topological polar surface area (TPSA) is 63.7 Å². The summed E-state index contributed by atoms with van der Waals surface area (Å²) in [5, 5.41) is 3.90. The van der Waals surface area contributed by atoms with E-state index in [9.17, 15) is 18.0 Å². The summed E-state index contributed by atoms with van der Waals surface area (Å²) in [7, 11) is 0. The number of rotatable bonds is 7. The molecule has 2 aliphatic heterocycles. The highest BCUT2D eigenvalue weighted by Crippen LogP contribution is 2.43. The Labute approximate surface area is 201 Å². The molecule has 0 radical (unpaired) electrons. The Kier molecular flexibility index (Phi) is 7.88. The highest BCUT2D eigenvalue weighted by atomic mass is 32.2. The molecule has 184 valence electrons. The fourth-order valence-corrected chi connectivity index (χ4v) is 4.91. The Morgan fingerprint density at radius 3 is 2.76 bits per heavy atom. The smallest absolute Gasteiger partial charge is 0.420 e. The van der Waals surface area contributed by atoms with Gasteiger partial charge in [0.15, 0.2) is 11.5 Å². The largest absolute Gasteiger partial charge is 0.486 e. The van der Waals surface area contributed by atoms with Gasteiger partial charge >= 0.3 is 6.18 Å². The highest BCUT2D eigenvalue weighted by molar-refractivity contribution is 7.98. The standard InChI is InChI=1S/C24H28F3N3O3S/c1-34-23-17(4-3-9-28-23)12-21(31)29-13-16-7-10-30(11-8-16)14-18-15-32-20-6-2-5-19(22(20)33-18)24(25,26)27/h2-6,9,16,18H,7-8,10-15H2,1H3,(H,29,31). The number of piperidine rings is 1. The molecule has 1 fully saturated rings. The van der Waals surface area contributed by atoms with Gasteiger partial charge in [-0.25, -0.2) is 4.98 Å². The van der Waals surface area contributed by atoms with E-state index < -0.39 is 17.8 Å². The number of halogens is 3. The molecular weight excluding hydrogens is 467 g/mol. The maximum absolute atomic E-state index is 13.3. The summed E-state index contributed by atoms with van der Waals surface area (Å²) in [6.45, 7) is 2.94. The summed E-state index contributed by atoms with van der Waals surface area (Å²) < 4.78 is 51.2. The van der Waals surface area contributed by atoms with Crippen molar-refractivity contribution in [2.24, 2.45) is 5.92 Å². The molecule has 0 bridgehead atoms. The molecule has 0 aliphatic carbocycles. The maximum atomic E-state index is 13.3. The molecule has 6 nitrogen and oxygen atoms in total. The molecule has 1 atom stereocenters. The molecule has 1 unspecified atom stereocenters. The fraction of sp³-hybridized carbons (Fsp3) is 0.500. The lowest BCUT2D eigenvalue weighted by molar-refractivity contribution is -0.140. The lowest BCUT2D eigenvalue weighted by Gasteiger charge is -2.36. The van der Waals surface area contributed by atoms with Gasteiger partial charge in [0.25, 0.3) is 0 Å². The van der Waals surface area contributed by atoms with Crippen LogP contribution in [0.1, 0.15) is 24.0 Å². The van der Waals surface area contributed by atoms with Crippen molar-refractivity contribution in [1.82, 2.24) is 15.2 Å². The first-order valence-corrected chi connectivity index (χ1v) is 12.5. The van der Waals surface area contributed by atoms with Gasteiger partial charge in [0, 0.05) is 19.3 Å². The SMILES string of the molecule is CSc1ncccc1CC(=O)NCC1CCN(CC2COc3cccc(C(F)(F)F)c3O2)CC1. The fourth-order valence-electron chi connectivity index (χ4n) is 4.34. The van der Waals surface area contributed by atoms with Crippen LogP contribution in [0.15, 0.2) is 41.6 Å². The summed E-state index contributed by atoms with van der Waals surface area (Å²) >= 11 is 1.52. The van der Waals surface area contributed by atoms with Gasteiger partial charge in [-0.05, 0) is 61.9 Å². The number of para-hydroxylation sites is 1. The minimum atomic E-state index is -4.49. The first kappa shape index (κ1) is 24.7. The van der Waals surface area contributed by atoms with Gasteiger partial charge in [-0.1, -0.05) is 12.1 Å². The number of nitrogens with one attached hydrogen (secondary N) is 1. The number of pyridine rings is 1. The van der Waals surface area contributed by atoms with Crippen molar-refractivity contribution in [3.8, 4) is 11.5 Å². The summed E-state index contributed by atoms with van der Waals surface area (Å²) in [5.74, 6) is 0.270. The van der Waals surface area contributed by atoms with Crippen molar-refractivity contribution in [2.75, 3.05) is 39.0 Å². The van der Waals surface area contributed by atoms with Crippen LogP contribution in [0.4, 0.5) is 13.2 Å². The highest BCUT2D eigenvalue weighted by Gasteiger charge is 2.38. The number of aromatic nitrogens is 1. The number of fused-ring (bicyclic) bond motifs is 1.